The molecule has 0 aliphatic rings. The van der Waals surface area contributed by atoms with Gasteiger partial charge in [0, 0.05) is 32.3 Å². The SMILES string of the molecule is CCC(=O)C(C)=CN(C)C.Cl. The first-order chi connectivity index (χ1) is 4.57. The van der Waals surface area contributed by atoms with Crippen molar-refractivity contribution in [3.05, 3.63) is 11.8 Å². The molecule has 0 radical (unpaired) electrons. The largest absolute Gasteiger partial charge is 0.383 e. The van der Waals surface area contributed by atoms with E-state index in [0.717, 1.165) is 5.57 Å². The van der Waals surface area contributed by atoms with Crippen LogP contribution < -0.4 is 0 Å². The van der Waals surface area contributed by atoms with Gasteiger partial charge in [-0.1, -0.05) is 6.92 Å². The Morgan fingerprint density at radius 3 is 2.18 bits per heavy atom. The van der Waals surface area contributed by atoms with Crippen molar-refractivity contribution >= 4 is 18.2 Å². The van der Waals surface area contributed by atoms with Crippen molar-refractivity contribution in [3.63, 3.8) is 0 Å². The molecule has 0 aliphatic heterocycles. The third-order valence-electron chi connectivity index (χ3n) is 1.21. The van der Waals surface area contributed by atoms with Crippen LogP contribution in [0.1, 0.15) is 20.3 Å². The molecule has 0 heterocycles. The highest BCUT2D eigenvalue weighted by Gasteiger charge is 1.99. The lowest BCUT2D eigenvalue weighted by Crippen LogP contribution is -2.06. The van der Waals surface area contributed by atoms with Crippen LogP contribution in [0.15, 0.2) is 11.8 Å². The Labute approximate surface area is 74.7 Å². The standard InChI is InChI=1S/C8H15NO.ClH/c1-5-8(10)7(2)6-9(3)4;/h6H,5H2,1-4H3;1H. The molecule has 66 valence electrons. The van der Waals surface area contributed by atoms with E-state index in [4.69, 9.17) is 0 Å². The van der Waals surface area contributed by atoms with E-state index in [2.05, 4.69) is 0 Å². The highest BCUT2D eigenvalue weighted by Crippen LogP contribution is 1.98. The van der Waals surface area contributed by atoms with Gasteiger partial charge in [-0.25, -0.2) is 0 Å². The number of nitrogens with zero attached hydrogens (tertiary/aromatic N) is 1. The average Bonchev–Trinajstić information content (AvgIpc) is 1.85. The lowest BCUT2D eigenvalue weighted by molar-refractivity contribution is -0.115. The van der Waals surface area contributed by atoms with Crippen LogP contribution in [0.25, 0.3) is 0 Å². The quantitative estimate of drug-likeness (QED) is 0.614. The molecule has 0 unspecified atom stereocenters. The number of hydrogen-bond acceptors (Lipinski definition) is 2. The maximum absolute atomic E-state index is 11.0. The number of carbonyl (C=O) groups excluding carboxylic acids is 1. The molecule has 0 aromatic rings. The molecule has 2 nitrogen and oxygen atoms in total. The molecule has 0 aromatic heterocycles. The first kappa shape index (κ1) is 13.1. The third kappa shape index (κ3) is 5.92. The van der Waals surface area contributed by atoms with Gasteiger partial charge in [0.15, 0.2) is 5.78 Å². The number of carbonyl (C=O) groups is 1. The number of Topliss-reactive ketones (excluding diaryl/α,β-unsaturated/α-hetero) is 1. The fourth-order valence-electron chi connectivity index (χ4n) is 0.738. The zero-order chi connectivity index (χ0) is 8.15. The van der Waals surface area contributed by atoms with E-state index in [1.54, 1.807) is 0 Å². The number of hydrogen-bond donors (Lipinski definition) is 0. The van der Waals surface area contributed by atoms with Crippen molar-refractivity contribution in [1.29, 1.82) is 0 Å². The van der Waals surface area contributed by atoms with Crippen LogP contribution in [-0.2, 0) is 4.79 Å². The predicted molar refractivity (Wildman–Crippen MR) is 50.0 cm³/mol. The van der Waals surface area contributed by atoms with Crippen LogP contribution in [0.4, 0.5) is 0 Å². The lowest BCUT2D eigenvalue weighted by Gasteiger charge is -2.05. The molecule has 0 aliphatic carbocycles. The summed E-state index contributed by atoms with van der Waals surface area (Å²) in [6.45, 7) is 3.71. The van der Waals surface area contributed by atoms with Crippen LogP contribution >= 0.6 is 12.4 Å². The summed E-state index contributed by atoms with van der Waals surface area (Å²) >= 11 is 0. The minimum Gasteiger partial charge on any atom is -0.383 e. The van der Waals surface area contributed by atoms with Gasteiger partial charge in [-0.2, -0.15) is 0 Å². The molecule has 0 atom stereocenters. The van der Waals surface area contributed by atoms with Crippen molar-refractivity contribution in [2.75, 3.05) is 14.1 Å². The molecular weight excluding hydrogens is 162 g/mol. The van der Waals surface area contributed by atoms with E-state index < -0.39 is 0 Å². The van der Waals surface area contributed by atoms with Gasteiger partial charge in [-0.3, -0.25) is 4.79 Å². The second-order valence-electron chi connectivity index (χ2n) is 2.55. The van der Waals surface area contributed by atoms with E-state index in [-0.39, 0.29) is 18.2 Å². The Morgan fingerprint density at radius 2 is 1.91 bits per heavy atom. The van der Waals surface area contributed by atoms with Crippen LogP contribution in [-0.4, -0.2) is 24.8 Å². The summed E-state index contributed by atoms with van der Waals surface area (Å²) in [4.78, 5) is 12.8. The van der Waals surface area contributed by atoms with Crippen LogP contribution in [0, 0.1) is 0 Å². The lowest BCUT2D eigenvalue weighted by atomic mass is 10.2. The second kappa shape index (κ2) is 6.23. The molecule has 0 saturated heterocycles. The number of ketones is 1. The number of rotatable bonds is 3. The van der Waals surface area contributed by atoms with Gasteiger partial charge >= 0.3 is 0 Å². The predicted octanol–water partition coefficient (Wildman–Crippen LogP) is 1.85. The van der Waals surface area contributed by atoms with Crippen molar-refractivity contribution in [3.8, 4) is 0 Å². The number of halogens is 1. The Bertz CT molecular complexity index is 152. The Morgan fingerprint density at radius 1 is 1.45 bits per heavy atom. The van der Waals surface area contributed by atoms with Crippen molar-refractivity contribution in [2.24, 2.45) is 0 Å². The summed E-state index contributed by atoms with van der Waals surface area (Å²) in [5.41, 5.74) is 0.826. The number of allylic oxidation sites excluding steroid dienone is 1. The fourth-order valence-corrected chi connectivity index (χ4v) is 0.738. The van der Waals surface area contributed by atoms with Gasteiger partial charge < -0.3 is 4.90 Å². The van der Waals surface area contributed by atoms with Gasteiger partial charge in [0.05, 0.1) is 0 Å². The summed E-state index contributed by atoms with van der Waals surface area (Å²) in [5.74, 6) is 0.216. The monoisotopic (exact) mass is 177 g/mol. The third-order valence-corrected chi connectivity index (χ3v) is 1.21. The molecular formula is C8H16ClNO. The minimum atomic E-state index is 0. The topological polar surface area (TPSA) is 20.3 Å². The maximum Gasteiger partial charge on any atom is 0.159 e. The van der Waals surface area contributed by atoms with Gasteiger partial charge in [-0.05, 0) is 6.92 Å². The summed E-state index contributed by atoms with van der Waals surface area (Å²) in [7, 11) is 3.82. The zero-order valence-electron chi connectivity index (χ0n) is 7.55. The normalized spacial score (nSPS) is 10.4. The second-order valence-corrected chi connectivity index (χ2v) is 2.55. The molecule has 0 aromatic carbocycles. The molecule has 0 amide bonds. The van der Waals surface area contributed by atoms with Crippen molar-refractivity contribution < 1.29 is 4.79 Å². The van der Waals surface area contributed by atoms with E-state index in [1.807, 2.05) is 39.0 Å². The summed E-state index contributed by atoms with van der Waals surface area (Å²) in [6, 6.07) is 0. The molecule has 0 N–H and O–H groups in total. The summed E-state index contributed by atoms with van der Waals surface area (Å²) < 4.78 is 0. The highest BCUT2D eigenvalue weighted by molar-refractivity contribution is 5.94. The van der Waals surface area contributed by atoms with Crippen LogP contribution in [0.3, 0.4) is 0 Å². The van der Waals surface area contributed by atoms with E-state index in [1.165, 1.54) is 0 Å². The molecule has 0 fully saturated rings. The minimum absolute atomic E-state index is 0. The van der Waals surface area contributed by atoms with E-state index in [9.17, 15) is 4.79 Å². The van der Waals surface area contributed by atoms with Crippen molar-refractivity contribution in [1.82, 2.24) is 4.90 Å². The Balaban J connectivity index is 0. The molecule has 0 rings (SSSR count). The smallest absolute Gasteiger partial charge is 0.159 e. The molecule has 11 heavy (non-hydrogen) atoms. The Kier molecular flexibility index (Phi) is 7.42. The molecule has 0 spiro atoms. The van der Waals surface area contributed by atoms with E-state index >= 15 is 0 Å². The maximum atomic E-state index is 11.0. The molecule has 0 bridgehead atoms. The van der Waals surface area contributed by atoms with Crippen LogP contribution in [0.2, 0.25) is 0 Å². The summed E-state index contributed by atoms with van der Waals surface area (Å²) in [5, 5.41) is 0. The summed E-state index contributed by atoms with van der Waals surface area (Å²) in [6.07, 6.45) is 2.43. The van der Waals surface area contributed by atoms with Gasteiger partial charge in [-0.15, -0.1) is 12.4 Å². The first-order valence-electron chi connectivity index (χ1n) is 3.46. The van der Waals surface area contributed by atoms with Gasteiger partial charge in [0.1, 0.15) is 0 Å². The zero-order valence-corrected chi connectivity index (χ0v) is 8.36. The highest BCUT2D eigenvalue weighted by atomic mass is 35.5. The first-order valence-corrected chi connectivity index (χ1v) is 3.46. The van der Waals surface area contributed by atoms with Gasteiger partial charge in [0.25, 0.3) is 0 Å². The molecule has 3 heteroatoms. The Hall–Kier alpha value is -0.500. The van der Waals surface area contributed by atoms with E-state index in [0.29, 0.717) is 6.42 Å². The molecule has 0 saturated carbocycles. The van der Waals surface area contributed by atoms with Crippen molar-refractivity contribution in [2.45, 2.75) is 20.3 Å². The fraction of sp³-hybridized carbons (Fsp3) is 0.625. The average molecular weight is 178 g/mol. The van der Waals surface area contributed by atoms with Crippen LogP contribution in [0.5, 0.6) is 0 Å². The van der Waals surface area contributed by atoms with Gasteiger partial charge in [0.2, 0.25) is 0 Å².